The largest absolute Gasteiger partial charge is 0.481 e. The van der Waals surface area contributed by atoms with E-state index in [0.717, 1.165) is 50.8 Å². The number of pyridine rings is 1. The molecule has 2 aliphatic heterocycles. The van der Waals surface area contributed by atoms with Crippen LogP contribution in [0.5, 0.6) is 5.88 Å². The smallest absolute Gasteiger partial charge is 0.311 e. The summed E-state index contributed by atoms with van der Waals surface area (Å²) in [6.45, 7) is 5.69. The fraction of sp³-hybridized carbons (Fsp3) is 0.421. The first-order chi connectivity index (χ1) is 13.6. The molecule has 1 aromatic carbocycles. The average molecular weight is 385 g/mol. The van der Waals surface area contributed by atoms with Crippen LogP contribution in [0.15, 0.2) is 36.5 Å². The lowest BCUT2D eigenvalue weighted by Gasteiger charge is -2.47. The van der Waals surface area contributed by atoms with Crippen LogP contribution in [0.3, 0.4) is 0 Å². The van der Waals surface area contributed by atoms with E-state index in [9.17, 15) is 10.1 Å². The van der Waals surface area contributed by atoms with Crippen molar-refractivity contribution in [3.63, 3.8) is 0 Å². The van der Waals surface area contributed by atoms with E-state index in [1.54, 1.807) is 0 Å². The van der Waals surface area contributed by atoms with Crippen molar-refractivity contribution in [1.82, 2.24) is 9.88 Å². The molecule has 2 aromatic rings. The monoisotopic (exact) mass is 385 g/mol. The molecule has 148 valence electrons. The van der Waals surface area contributed by atoms with Gasteiger partial charge in [-0.05, 0) is 24.3 Å². The summed E-state index contributed by atoms with van der Waals surface area (Å²) in [4.78, 5) is 19.5. The number of nitro groups is 1. The van der Waals surface area contributed by atoms with Crippen LogP contribution in [0.25, 0.3) is 0 Å². The molecule has 0 bridgehead atoms. The Morgan fingerprint density at radius 3 is 2.61 bits per heavy atom. The summed E-state index contributed by atoms with van der Waals surface area (Å²) >= 11 is 0. The second-order valence-corrected chi connectivity index (χ2v) is 6.88. The molecule has 0 aliphatic carbocycles. The molecule has 4 rings (SSSR count). The first-order valence-corrected chi connectivity index (χ1v) is 9.26. The second-order valence-electron chi connectivity index (χ2n) is 6.88. The van der Waals surface area contributed by atoms with E-state index in [1.165, 1.54) is 19.4 Å². The zero-order valence-corrected chi connectivity index (χ0v) is 15.7. The molecule has 9 heteroatoms. The molecule has 1 N–H and O–H groups in total. The van der Waals surface area contributed by atoms with Crippen molar-refractivity contribution < 1.29 is 14.4 Å². The number of hydrogen-bond donors (Lipinski definition) is 1. The molecule has 28 heavy (non-hydrogen) atoms. The number of aromatic nitrogens is 1. The van der Waals surface area contributed by atoms with Gasteiger partial charge in [-0.2, -0.15) is 0 Å². The molecule has 2 aliphatic rings. The van der Waals surface area contributed by atoms with E-state index in [0.29, 0.717) is 17.6 Å². The minimum absolute atomic E-state index is 0.0963. The van der Waals surface area contributed by atoms with Gasteiger partial charge in [0.1, 0.15) is 11.9 Å². The van der Waals surface area contributed by atoms with E-state index >= 15 is 0 Å². The Kier molecular flexibility index (Phi) is 5.27. The fourth-order valence-corrected chi connectivity index (χ4v) is 3.54. The minimum atomic E-state index is -0.463. The Bertz CT molecular complexity index is 833. The predicted octanol–water partition coefficient (Wildman–Crippen LogP) is 2.26. The van der Waals surface area contributed by atoms with Gasteiger partial charge in [0.2, 0.25) is 5.88 Å². The second kappa shape index (κ2) is 7.99. The molecule has 9 nitrogen and oxygen atoms in total. The highest BCUT2D eigenvalue weighted by molar-refractivity contribution is 5.71. The molecule has 0 saturated carbocycles. The van der Waals surface area contributed by atoms with Gasteiger partial charge >= 0.3 is 5.69 Å². The summed E-state index contributed by atoms with van der Waals surface area (Å²) in [5, 5.41) is 14.3. The van der Waals surface area contributed by atoms with Gasteiger partial charge in [0.15, 0.2) is 0 Å². The van der Waals surface area contributed by atoms with E-state index in [2.05, 4.69) is 20.1 Å². The summed E-state index contributed by atoms with van der Waals surface area (Å²) in [6, 6.07) is 10.0. The number of nitrogens with zero attached hydrogens (tertiary/aromatic N) is 4. The topological polar surface area (TPSA) is 93.0 Å². The minimum Gasteiger partial charge on any atom is -0.481 e. The van der Waals surface area contributed by atoms with Gasteiger partial charge in [-0.3, -0.25) is 15.0 Å². The maximum atomic E-state index is 11.2. The lowest BCUT2D eigenvalue weighted by molar-refractivity contribution is -0.384. The number of ether oxygens (including phenoxy) is 2. The Hall–Kier alpha value is -2.91. The van der Waals surface area contributed by atoms with Crippen LogP contribution in [-0.4, -0.2) is 67.4 Å². The Labute approximate surface area is 163 Å². The molecular formula is C19H23N5O4. The number of anilines is 3. The number of hydrogen-bond acceptors (Lipinski definition) is 8. The average Bonchev–Trinajstić information content (AvgIpc) is 2.68. The third-order valence-electron chi connectivity index (χ3n) is 5.20. The molecule has 0 atom stereocenters. The van der Waals surface area contributed by atoms with Crippen molar-refractivity contribution in [2.45, 2.75) is 6.04 Å². The van der Waals surface area contributed by atoms with Crippen LogP contribution in [0.4, 0.5) is 22.7 Å². The van der Waals surface area contributed by atoms with E-state index in [1.807, 2.05) is 24.3 Å². The molecular weight excluding hydrogens is 362 g/mol. The number of benzene rings is 1. The van der Waals surface area contributed by atoms with Gasteiger partial charge < -0.3 is 19.7 Å². The van der Waals surface area contributed by atoms with Crippen molar-refractivity contribution in [3.8, 4) is 5.88 Å². The molecule has 0 radical (unpaired) electrons. The van der Waals surface area contributed by atoms with Gasteiger partial charge in [-0.15, -0.1) is 0 Å². The Morgan fingerprint density at radius 2 is 1.96 bits per heavy atom. The normalized spacial score (nSPS) is 17.8. The Morgan fingerprint density at radius 1 is 1.25 bits per heavy atom. The molecule has 0 spiro atoms. The van der Waals surface area contributed by atoms with Crippen molar-refractivity contribution in [3.05, 3.63) is 46.6 Å². The van der Waals surface area contributed by atoms with Crippen LogP contribution in [0.1, 0.15) is 0 Å². The lowest BCUT2D eigenvalue weighted by Crippen LogP contribution is -2.61. The summed E-state index contributed by atoms with van der Waals surface area (Å²) in [5.41, 5.74) is 2.17. The molecule has 2 saturated heterocycles. The molecule has 1 aromatic heterocycles. The predicted molar refractivity (Wildman–Crippen MR) is 106 cm³/mol. The zero-order valence-electron chi connectivity index (χ0n) is 15.7. The molecule has 0 unspecified atom stereocenters. The van der Waals surface area contributed by atoms with Crippen LogP contribution in [0, 0.1) is 10.1 Å². The van der Waals surface area contributed by atoms with Gasteiger partial charge in [-0.25, -0.2) is 4.98 Å². The summed E-state index contributed by atoms with van der Waals surface area (Å²) in [6.07, 6.45) is 1.20. The number of methoxy groups -OCH3 is 1. The van der Waals surface area contributed by atoms with Gasteiger partial charge in [-0.1, -0.05) is 0 Å². The van der Waals surface area contributed by atoms with Crippen molar-refractivity contribution in [2.75, 3.05) is 56.7 Å². The highest BCUT2D eigenvalue weighted by Crippen LogP contribution is 2.31. The standard InChI is InChI=1S/C19H23N5O4/c1-27-19-10-17(18(11-20-19)24(25)26)21-14-2-4-15(5-3-14)23-12-16(13-23)22-6-8-28-9-7-22/h2-5,10-11,16H,6-9,12-13H2,1H3,(H,20,21). The van der Waals surface area contributed by atoms with Crippen LogP contribution >= 0.6 is 0 Å². The third kappa shape index (κ3) is 3.85. The van der Waals surface area contributed by atoms with Gasteiger partial charge in [0, 0.05) is 49.7 Å². The number of morpholine rings is 1. The highest BCUT2D eigenvalue weighted by atomic mass is 16.6. The number of nitrogens with one attached hydrogen (secondary N) is 1. The van der Waals surface area contributed by atoms with Crippen LogP contribution in [0.2, 0.25) is 0 Å². The first-order valence-electron chi connectivity index (χ1n) is 9.26. The van der Waals surface area contributed by atoms with Gasteiger partial charge in [0.25, 0.3) is 0 Å². The van der Waals surface area contributed by atoms with Crippen molar-refractivity contribution in [1.29, 1.82) is 0 Å². The summed E-state index contributed by atoms with van der Waals surface area (Å²) in [7, 11) is 1.48. The SMILES string of the molecule is COc1cc(Nc2ccc(N3CC(N4CCOCC4)C3)cc2)c([N+](=O)[O-])cn1. The lowest BCUT2D eigenvalue weighted by atomic mass is 10.1. The maximum absolute atomic E-state index is 11.2. The number of rotatable bonds is 6. The van der Waals surface area contributed by atoms with Crippen LogP contribution in [-0.2, 0) is 4.74 Å². The highest BCUT2D eigenvalue weighted by Gasteiger charge is 2.32. The van der Waals surface area contributed by atoms with Crippen molar-refractivity contribution >= 4 is 22.7 Å². The maximum Gasteiger partial charge on any atom is 0.311 e. The van der Waals surface area contributed by atoms with Crippen molar-refractivity contribution in [2.24, 2.45) is 0 Å². The van der Waals surface area contributed by atoms with E-state index in [-0.39, 0.29) is 5.69 Å². The fourth-order valence-electron chi connectivity index (χ4n) is 3.54. The third-order valence-corrected chi connectivity index (χ3v) is 5.20. The van der Waals surface area contributed by atoms with E-state index < -0.39 is 4.92 Å². The summed E-state index contributed by atoms with van der Waals surface area (Å²) in [5.74, 6) is 0.319. The first kappa shape index (κ1) is 18.5. The zero-order chi connectivity index (χ0) is 19.5. The molecule has 2 fully saturated rings. The van der Waals surface area contributed by atoms with Crippen LogP contribution < -0.4 is 15.0 Å². The molecule has 3 heterocycles. The summed E-state index contributed by atoms with van der Waals surface area (Å²) < 4.78 is 10.5. The van der Waals surface area contributed by atoms with E-state index in [4.69, 9.17) is 9.47 Å². The Balaban J connectivity index is 1.40. The van der Waals surface area contributed by atoms with Gasteiger partial charge in [0.05, 0.1) is 25.2 Å². The molecule has 0 amide bonds. The quantitative estimate of drug-likeness (QED) is 0.598.